The molecule has 1 fully saturated rings. The summed E-state index contributed by atoms with van der Waals surface area (Å²) < 4.78 is 5.61. The molecule has 18 heavy (non-hydrogen) atoms. The van der Waals surface area contributed by atoms with E-state index in [0.717, 1.165) is 31.4 Å². The molecule has 0 spiro atoms. The van der Waals surface area contributed by atoms with E-state index in [4.69, 9.17) is 22.7 Å². The van der Waals surface area contributed by atoms with Gasteiger partial charge in [0, 0.05) is 20.2 Å². The molecule has 0 amide bonds. The number of rotatable bonds is 7. The number of nitrogens with zero attached hydrogens (tertiary/aromatic N) is 2. The molecular formula is C13H19N3OS. The van der Waals surface area contributed by atoms with Crippen LogP contribution in [0.4, 0.5) is 5.69 Å². The van der Waals surface area contributed by atoms with Crippen molar-refractivity contribution < 1.29 is 4.74 Å². The zero-order valence-electron chi connectivity index (χ0n) is 10.6. The molecule has 0 aliphatic heterocycles. The maximum absolute atomic E-state index is 5.61. The molecule has 1 saturated carbocycles. The zero-order chi connectivity index (χ0) is 13.0. The molecule has 2 rings (SSSR count). The summed E-state index contributed by atoms with van der Waals surface area (Å²) in [6.45, 7) is 2.53. The smallest absolute Gasteiger partial charge is 0.122 e. The summed E-state index contributed by atoms with van der Waals surface area (Å²) in [5.74, 6) is 0.821. The summed E-state index contributed by atoms with van der Waals surface area (Å²) in [6.07, 6.45) is 4.45. The molecule has 0 unspecified atom stereocenters. The van der Waals surface area contributed by atoms with Crippen LogP contribution in [0.25, 0.3) is 0 Å². The third kappa shape index (κ3) is 3.92. The van der Waals surface area contributed by atoms with Crippen molar-refractivity contribution in [3.63, 3.8) is 0 Å². The Morgan fingerprint density at radius 2 is 2.33 bits per heavy atom. The summed E-state index contributed by atoms with van der Waals surface area (Å²) in [5, 5.41) is 0. The monoisotopic (exact) mass is 265 g/mol. The van der Waals surface area contributed by atoms with Crippen LogP contribution >= 0.6 is 12.2 Å². The molecule has 2 N–H and O–H groups in total. The molecule has 98 valence electrons. The van der Waals surface area contributed by atoms with Crippen LogP contribution in [0.5, 0.6) is 0 Å². The number of thiocarbonyl (C=S) groups is 1. The standard InChI is InChI=1S/C13H19N3OS/c1-16(6-7-17-9-10-2-3-10)11-4-5-12(13(14)18)15-8-11/h4-5,8,10H,2-3,6-7,9H2,1H3,(H2,14,18). The molecular weight excluding hydrogens is 246 g/mol. The van der Waals surface area contributed by atoms with Crippen LogP contribution in [0.1, 0.15) is 18.5 Å². The topological polar surface area (TPSA) is 51.4 Å². The van der Waals surface area contributed by atoms with E-state index in [0.29, 0.717) is 10.7 Å². The van der Waals surface area contributed by atoms with Gasteiger partial charge in [-0.15, -0.1) is 0 Å². The number of pyridine rings is 1. The van der Waals surface area contributed by atoms with Gasteiger partial charge in [0.05, 0.1) is 24.2 Å². The van der Waals surface area contributed by atoms with Crippen LogP contribution in [-0.4, -0.2) is 36.8 Å². The van der Waals surface area contributed by atoms with Gasteiger partial charge < -0.3 is 15.4 Å². The van der Waals surface area contributed by atoms with Gasteiger partial charge in [0.25, 0.3) is 0 Å². The Kier molecular flexibility index (Phi) is 4.49. The lowest BCUT2D eigenvalue weighted by molar-refractivity contribution is 0.131. The Morgan fingerprint density at radius 3 is 2.89 bits per heavy atom. The van der Waals surface area contributed by atoms with E-state index in [1.165, 1.54) is 12.8 Å². The van der Waals surface area contributed by atoms with E-state index >= 15 is 0 Å². The molecule has 1 aromatic heterocycles. The van der Waals surface area contributed by atoms with E-state index in [2.05, 4.69) is 9.88 Å². The number of ether oxygens (including phenoxy) is 1. The first-order valence-corrected chi connectivity index (χ1v) is 6.62. The van der Waals surface area contributed by atoms with Gasteiger partial charge in [0.1, 0.15) is 4.99 Å². The first-order valence-electron chi connectivity index (χ1n) is 6.21. The second-order valence-corrected chi connectivity index (χ2v) is 5.15. The van der Waals surface area contributed by atoms with Crippen molar-refractivity contribution in [3.8, 4) is 0 Å². The number of anilines is 1. The van der Waals surface area contributed by atoms with Crippen molar-refractivity contribution in [2.45, 2.75) is 12.8 Å². The second-order valence-electron chi connectivity index (χ2n) is 4.71. The molecule has 1 aliphatic rings. The lowest BCUT2D eigenvalue weighted by atomic mass is 10.3. The fourth-order valence-corrected chi connectivity index (χ4v) is 1.74. The normalized spacial score (nSPS) is 14.5. The van der Waals surface area contributed by atoms with Crippen LogP contribution in [0.15, 0.2) is 18.3 Å². The van der Waals surface area contributed by atoms with E-state index < -0.39 is 0 Å². The molecule has 4 nitrogen and oxygen atoms in total. The molecule has 1 heterocycles. The average molecular weight is 265 g/mol. The van der Waals surface area contributed by atoms with Crippen molar-refractivity contribution in [2.75, 3.05) is 31.7 Å². The molecule has 1 aliphatic carbocycles. The summed E-state index contributed by atoms with van der Waals surface area (Å²) in [5.41, 5.74) is 7.21. The highest BCUT2D eigenvalue weighted by atomic mass is 32.1. The highest BCUT2D eigenvalue weighted by Gasteiger charge is 2.20. The van der Waals surface area contributed by atoms with Gasteiger partial charge >= 0.3 is 0 Å². The van der Waals surface area contributed by atoms with Crippen LogP contribution in [0.3, 0.4) is 0 Å². The average Bonchev–Trinajstić information content (AvgIpc) is 3.18. The Bertz CT molecular complexity index is 403. The third-order valence-corrected chi connectivity index (χ3v) is 3.27. The minimum absolute atomic E-state index is 0.331. The van der Waals surface area contributed by atoms with Crippen LogP contribution in [0.2, 0.25) is 0 Å². The molecule has 0 atom stereocenters. The van der Waals surface area contributed by atoms with Crippen molar-refractivity contribution in [2.24, 2.45) is 11.7 Å². The largest absolute Gasteiger partial charge is 0.388 e. The van der Waals surface area contributed by atoms with Gasteiger partial charge in [-0.3, -0.25) is 4.98 Å². The van der Waals surface area contributed by atoms with Gasteiger partial charge in [-0.1, -0.05) is 12.2 Å². The minimum atomic E-state index is 0.331. The van der Waals surface area contributed by atoms with Gasteiger partial charge in [-0.05, 0) is 30.9 Å². The zero-order valence-corrected chi connectivity index (χ0v) is 11.4. The maximum Gasteiger partial charge on any atom is 0.122 e. The SMILES string of the molecule is CN(CCOCC1CC1)c1ccc(C(N)=S)nc1. The fraction of sp³-hybridized carbons (Fsp3) is 0.538. The van der Waals surface area contributed by atoms with E-state index in [1.807, 2.05) is 19.2 Å². The van der Waals surface area contributed by atoms with E-state index in [9.17, 15) is 0 Å². The van der Waals surface area contributed by atoms with Gasteiger partial charge in [-0.25, -0.2) is 0 Å². The fourth-order valence-electron chi connectivity index (χ4n) is 1.62. The lowest BCUT2D eigenvalue weighted by Crippen LogP contribution is -2.23. The molecule has 1 aromatic rings. The van der Waals surface area contributed by atoms with Crippen molar-refractivity contribution in [1.82, 2.24) is 4.98 Å². The van der Waals surface area contributed by atoms with Gasteiger partial charge in [-0.2, -0.15) is 0 Å². The summed E-state index contributed by atoms with van der Waals surface area (Å²) in [6, 6.07) is 3.82. The lowest BCUT2D eigenvalue weighted by Gasteiger charge is -2.19. The van der Waals surface area contributed by atoms with Crippen LogP contribution in [0, 0.1) is 5.92 Å². The summed E-state index contributed by atoms with van der Waals surface area (Å²) in [7, 11) is 2.03. The molecule has 0 saturated heterocycles. The summed E-state index contributed by atoms with van der Waals surface area (Å²) in [4.78, 5) is 6.66. The van der Waals surface area contributed by atoms with E-state index in [1.54, 1.807) is 6.20 Å². The molecule has 0 bridgehead atoms. The molecule has 0 aromatic carbocycles. The number of hydrogen-bond acceptors (Lipinski definition) is 4. The van der Waals surface area contributed by atoms with Gasteiger partial charge in [0.2, 0.25) is 0 Å². The first-order chi connectivity index (χ1) is 8.66. The predicted octanol–water partition coefficient (Wildman–Crippen LogP) is 1.58. The van der Waals surface area contributed by atoms with Crippen molar-refractivity contribution in [1.29, 1.82) is 0 Å². The van der Waals surface area contributed by atoms with Crippen LogP contribution in [-0.2, 0) is 4.74 Å². The number of hydrogen-bond donors (Lipinski definition) is 1. The Morgan fingerprint density at radius 1 is 1.56 bits per heavy atom. The second kappa shape index (κ2) is 6.11. The Balaban J connectivity index is 1.76. The Hall–Kier alpha value is -1.20. The minimum Gasteiger partial charge on any atom is -0.388 e. The summed E-state index contributed by atoms with van der Waals surface area (Å²) >= 11 is 4.87. The number of likely N-dealkylation sites (N-methyl/N-ethyl adjacent to an activating group) is 1. The quantitative estimate of drug-likeness (QED) is 0.599. The highest BCUT2D eigenvalue weighted by molar-refractivity contribution is 7.80. The number of aromatic nitrogens is 1. The predicted molar refractivity (Wildman–Crippen MR) is 76.9 cm³/mol. The molecule has 0 radical (unpaired) electrons. The highest BCUT2D eigenvalue weighted by Crippen LogP contribution is 2.28. The Labute approximate surface area is 113 Å². The van der Waals surface area contributed by atoms with Crippen molar-refractivity contribution in [3.05, 3.63) is 24.0 Å². The maximum atomic E-state index is 5.61. The first kappa shape index (κ1) is 13.2. The van der Waals surface area contributed by atoms with E-state index in [-0.39, 0.29) is 0 Å². The number of nitrogens with two attached hydrogens (primary N) is 1. The molecule has 5 heteroatoms. The van der Waals surface area contributed by atoms with Crippen molar-refractivity contribution >= 4 is 22.9 Å². The third-order valence-electron chi connectivity index (χ3n) is 3.06. The van der Waals surface area contributed by atoms with Crippen LogP contribution < -0.4 is 10.6 Å². The van der Waals surface area contributed by atoms with Gasteiger partial charge in [0.15, 0.2) is 0 Å².